The zero-order valence-corrected chi connectivity index (χ0v) is 7.78. The van der Waals surface area contributed by atoms with Crippen LogP contribution >= 0.6 is 0 Å². The molecule has 1 rings (SSSR count). The van der Waals surface area contributed by atoms with E-state index in [9.17, 15) is 14.0 Å². The average molecular weight is 207 g/mol. The van der Waals surface area contributed by atoms with Gasteiger partial charge in [0.2, 0.25) is 0 Å². The quantitative estimate of drug-likeness (QED) is 0.413. The van der Waals surface area contributed by atoms with Crippen LogP contribution in [0, 0.1) is 17.1 Å². The van der Waals surface area contributed by atoms with Crippen molar-refractivity contribution in [1.29, 1.82) is 5.26 Å². The molecule has 76 valence electrons. The van der Waals surface area contributed by atoms with E-state index in [-0.39, 0.29) is 11.1 Å². The monoisotopic (exact) mass is 207 g/mol. The normalized spacial score (nSPS) is 9.13. The lowest BCUT2D eigenvalue weighted by Gasteiger charge is -1.99. The minimum absolute atomic E-state index is 0.140. The van der Waals surface area contributed by atoms with Crippen molar-refractivity contribution >= 4 is 11.8 Å². The molecule has 1 aromatic rings. The SMILES string of the molecule is COC(=O)C(=O)c1ccc(C#N)c(F)c1. The van der Waals surface area contributed by atoms with Crippen LogP contribution in [0.5, 0.6) is 0 Å². The van der Waals surface area contributed by atoms with E-state index in [1.165, 1.54) is 6.07 Å². The molecule has 0 atom stereocenters. The van der Waals surface area contributed by atoms with Crippen molar-refractivity contribution in [1.82, 2.24) is 0 Å². The molecule has 0 aliphatic heterocycles. The first-order valence-electron chi connectivity index (χ1n) is 3.92. The van der Waals surface area contributed by atoms with Gasteiger partial charge in [0.25, 0.3) is 5.78 Å². The molecule has 0 N–H and O–H groups in total. The van der Waals surface area contributed by atoms with E-state index in [4.69, 9.17) is 5.26 Å². The number of hydrogen-bond acceptors (Lipinski definition) is 4. The Kier molecular flexibility index (Phi) is 3.13. The zero-order valence-electron chi connectivity index (χ0n) is 7.78. The Morgan fingerprint density at radius 3 is 2.60 bits per heavy atom. The first-order chi connectivity index (χ1) is 7.10. The van der Waals surface area contributed by atoms with E-state index >= 15 is 0 Å². The zero-order chi connectivity index (χ0) is 11.4. The maximum absolute atomic E-state index is 13.1. The van der Waals surface area contributed by atoms with Crippen molar-refractivity contribution in [2.24, 2.45) is 0 Å². The fourth-order valence-electron chi connectivity index (χ4n) is 0.958. The Labute approximate surface area is 84.9 Å². The molecular formula is C10H6FNO3. The van der Waals surface area contributed by atoms with Crippen LogP contribution in [0.2, 0.25) is 0 Å². The van der Waals surface area contributed by atoms with Crippen LogP contribution in [0.1, 0.15) is 15.9 Å². The molecule has 4 nitrogen and oxygen atoms in total. The third-order valence-electron chi connectivity index (χ3n) is 1.72. The second-order valence-corrected chi connectivity index (χ2v) is 2.63. The first-order valence-corrected chi connectivity index (χ1v) is 3.92. The molecule has 0 amide bonds. The highest BCUT2D eigenvalue weighted by atomic mass is 19.1. The van der Waals surface area contributed by atoms with Gasteiger partial charge >= 0.3 is 5.97 Å². The van der Waals surface area contributed by atoms with Crippen molar-refractivity contribution in [2.45, 2.75) is 0 Å². The van der Waals surface area contributed by atoms with Crippen LogP contribution in [0.4, 0.5) is 4.39 Å². The van der Waals surface area contributed by atoms with Crippen LogP contribution in [-0.2, 0) is 9.53 Å². The van der Waals surface area contributed by atoms with Gasteiger partial charge in [-0.3, -0.25) is 4.79 Å². The Balaban J connectivity index is 3.09. The molecule has 0 fully saturated rings. The summed E-state index contributed by atoms with van der Waals surface area (Å²) < 4.78 is 17.2. The molecule has 0 aliphatic carbocycles. The summed E-state index contributed by atoms with van der Waals surface area (Å²) in [7, 11) is 1.06. The lowest BCUT2D eigenvalue weighted by atomic mass is 10.1. The minimum Gasteiger partial charge on any atom is -0.463 e. The van der Waals surface area contributed by atoms with Crippen LogP contribution in [0.15, 0.2) is 18.2 Å². The summed E-state index contributed by atoms with van der Waals surface area (Å²) in [5, 5.41) is 8.44. The highest BCUT2D eigenvalue weighted by Gasteiger charge is 2.17. The number of carbonyl (C=O) groups is 2. The van der Waals surface area contributed by atoms with Gasteiger partial charge in [-0.15, -0.1) is 0 Å². The Morgan fingerprint density at radius 2 is 2.13 bits per heavy atom. The van der Waals surface area contributed by atoms with Gasteiger partial charge < -0.3 is 4.74 Å². The molecule has 0 heterocycles. The summed E-state index contributed by atoms with van der Waals surface area (Å²) in [6, 6.07) is 4.76. The Hall–Kier alpha value is -2.22. The molecule has 0 radical (unpaired) electrons. The number of ketones is 1. The van der Waals surface area contributed by atoms with Crippen molar-refractivity contribution < 1.29 is 18.7 Å². The summed E-state index contributed by atoms with van der Waals surface area (Å²) in [5.74, 6) is -2.85. The number of carbonyl (C=O) groups excluding carboxylic acids is 2. The van der Waals surface area contributed by atoms with Crippen LogP contribution in [-0.4, -0.2) is 18.9 Å². The number of nitrogens with zero attached hydrogens (tertiary/aromatic N) is 1. The number of esters is 1. The largest absolute Gasteiger partial charge is 0.463 e. The second kappa shape index (κ2) is 4.33. The highest BCUT2D eigenvalue weighted by Crippen LogP contribution is 2.10. The molecule has 0 spiro atoms. The topological polar surface area (TPSA) is 67.2 Å². The van der Waals surface area contributed by atoms with Crippen molar-refractivity contribution in [2.75, 3.05) is 7.11 Å². The summed E-state index contributed by atoms with van der Waals surface area (Å²) in [6.45, 7) is 0. The minimum atomic E-state index is -1.07. The molecule has 0 unspecified atom stereocenters. The lowest BCUT2D eigenvalue weighted by molar-refractivity contribution is -0.135. The van der Waals surface area contributed by atoms with Crippen molar-refractivity contribution in [3.63, 3.8) is 0 Å². The van der Waals surface area contributed by atoms with Gasteiger partial charge in [-0.2, -0.15) is 5.26 Å². The van der Waals surface area contributed by atoms with E-state index in [1.54, 1.807) is 6.07 Å². The molecule has 0 aliphatic rings. The number of rotatable bonds is 2. The highest BCUT2D eigenvalue weighted by molar-refractivity contribution is 6.40. The van der Waals surface area contributed by atoms with E-state index in [1.807, 2.05) is 0 Å². The van der Waals surface area contributed by atoms with Crippen molar-refractivity contribution in [3.8, 4) is 6.07 Å². The lowest BCUT2D eigenvalue weighted by Crippen LogP contribution is -2.15. The fraction of sp³-hybridized carbons (Fsp3) is 0.100. The molecule has 0 saturated heterocycles. The van der Waals surface area contributed by atoms with E-state index < -0.39 is 17.6 Å². The van der Waals surface area contributed by atoms with Crippen LogP contribution in [0.25, 0.3) is 0 Å². The maximum Gasteiger partial charge on any atom is 0.379 e. The first kappa shape index (κ1) is 10.9. The number of Topliss-reactive ketones (excluding diaryl/α,β-unsaturated/α-hetero) is 1. The predicted octanol–water partition coefficient (Wildman–Crippen LogP) is 1.05. The van der Waals surface area contributed by atoms with Crippen LogP contribution < -0.4 is 0 Å². The summed E-state index contributed by atoms with van der Waals surface area (Å²) in [4.78, 5) is 22.0. The second-order valence-electron chi connectivity index (χ2n) is 2.63. The number of methoxy groups -OCH3 is 1. The van der Waals surface area contributed by atoms with E-state index in [2.05, 4.69) is 4.74 Å². The number of nitriles is 1. The average Bonchev–Trinajstić information content (AvgIpc) is 2.26. The third-order valence-corrected chi connectivity index (χ3v) is 1.72. The molecule has 5 heteroatoms. The maximum atomic E-state index is 13.1. The standard InChI is InChI=1S/C10H6FNO3/c1-15-10(14)9(13)6-2-3-7(5-12)8(11)4-6/h2-4H,1H3. The molecule has 0 saturated carbocycles. The van der Waals surface area contributed by atoms with Gasteiger partial charge in [-0.25, -0.2) is 9.18 Å². The van der Waals surface area contributed by atoms with Gasteiger partial charge in [0.1, 0.15) is 11.9 Å². The van der Waals surface area contributed by atoms with Gasteiger partial charge in [0.05, 0.1) is 12.7 Å². The van der Waals surface area contributed by atoms with Gasteiger partial charge in [-0.05, 0) is 18.2 Å². The molecule has 15 heavy (non-hydrogen) atoms. The Morgan fingerprint density at radius 1 is 1.47 bits per heavy atom. The summed E-state index contributed by atoms with van der Waals surface area (Å²) >= 11 is 0. The number of halogens is 1. The molecule has 1 aromatic carbocycles. The van der Waals surface area contributed by atoms with Crippen molar-refractivity contribution in [3.05, 3.63) is 35.1 Å². The van der Waals surface area contributed by atoms with E-state index in [0.717, 1.165) is 19.2 Å². The van der Waals surface area contributed by atoms with Gasteiger partial charge in [0, 0.05) is 5.56 Å². The van der Waals surface area contributed by atoms with Gasteiger partial charge in [-0.1, -0.05) is 0 Å². The molecular weight excluding hydrogens is 201 g/mol. The molecule has 0 aromatic heterocycles. The number of ether oxygens (including phenoxy) is 1. The van der Waals surface area contributed by atoms with Gasteiger partial charge in [0.15, 0.2) is 0 Å². The summed E-state index contributed by atoms with van der Waals surface area (Å²) in [6.07, 6.45) is 0. The van der Waals surface area contributed by atoms with E-state index in [0.29, 0.717) is 0 Å². The number of hydrogen-bond donors (Lipinski definition) is 0. The smallest absolute Gasteiger partial charge is 0.379 e. The molecule has 0 bridgehead atoms. The Bertz CT molecular complexity index is 462. The predicted molar refractivity (Wildman–Crippen MR) is 47.5 cm³/mol. The van der Waals surface area contributed by atoms with Crippen LogP contribution in [0.3, 0.4) is 0 Å². The fourth-order valence-corrected chi connectivity index (χ4v) is 0.958. The third kappa shape index (κ3) is 2.17. The summed E-state index contributed by atoms with van der Waals surface area (Å²) in [5.41, 5.74) is -0.324. The number of benzene rings is 1.